The first-order valence-electron chi connectivity index (χ1n) is 9.04. The summed E-state index contributed by atoms with van der Waals surface area (Å²) in [5.74, 6) is 0.951. The maximum absolute atomic E-state index is 6.22. The second-order valence-electron chi connectivity index (χ2n) is 7.49. The van der Waals surface area contributed by atoms with E-state index < -0.39 is 0 Å². The Balaban J connectivity index is 1.83. The maximum atomic E-state index is 6.22. The van der Waals surface area contributed by atoms with Crippen LogP contribution in [0.3, 0.4) is 0 Å². The van der Waals surface area contributed by atoms with Crippen LogP contribution in [-0.2, 0) is 0 Å². The van der Waals surface area contributed by atoms with E-state index in [4.69, 9.17) is 4.74 Å². The lowest BCUT2D eigenvalue weighted by molar-refractivity contribution is 0.159. The Morgan fingerprint density at radius 1 is 0.731 bits per heavy atom. The lowest BCUT2D eigenvalue weighted by Crippen LogP contribution is -2.27. The van der Waals surface area contributed by atoms with Crippen LogP contribution in [0.5, 0.6) is 5.75 Å². The highest BCUT2D eigenvalue weighted by Gasteiger charge is 2.22. The summed E-state index contributed by atoms with van der Waals surface area (Å²) in [5.41, 5.74) is 3.34. The fraction of sp³-hybridized carbons (Fsp3) is 0.120. The van der Waals surface area contributed by atoms with Crippen molar-refractivity contribution in [3.8, 4) is 16.9 Å². The third-order valence-electron chi connectivity index (χ3n) is 5.11. The van der Waals surface area contributed by atoms with Crippen molar-refractivity contribution in [2.45, 2.75) is 19.4 Å². The molecule has 1 aliphatic heterocycles. The Bertz CT molecular complexity index is 1130. The largest absolute Gasteiger partial charge is 0.483 e. The highest BCUT2D eigenvalue weighted by Crippen LogP contribution is 2.40. The summed E-state index contributed by atoms with van der Waals surface area (Å²) in [6.07, 6.45) is 4.27. The highest BCUT2D eigenvalue weighted by atomic mass is 16.5. The SMILES string of the molecule is CC1(C)C=Cc2ccc(-c3c4ccccc4cc4ccccc34)cc2O1. The Kier molecular flexibility index (Phi) is 3.20. The summed E-state index contributed by atoms with van der Waals surface area (Å²) < 4.78 is 6.22. The van der Waals surface area contributed by atoms with Gasteiger partial charge in [0.1, 0.15) is 11.4 Å². The van der Waals surface area contributed by atoms with E-state index >= 15 is 0 Å². The van der Waals surface area contributed by atoms with Crippen LogP contribution in [0.15, 0.2) is 78.9 Å². The van der Waals surface area contributed by atoms with Gasteiger partial charge in [-0.25, -0.2) is 0 Å². The van der Waals surface area contributed by atoms with Crippen LogP contribution >= 0.6 is 0 Å². The summed E-state index contributed by atoms with van der Waals surface area (Å²) >= 11 is 0. The molecule has 0 aromatic heterocycles. The molecule has 1 aliphatic rings. The maximum Gasteiger partial charge on any atom is 0.128 e. The van der Waals surface area contributed by atoms with E-state index in [1.165, 1.54) is 32.7 Å². The van der Waals surface area contributed by atoms with Crippen molar-refractivity contribution in [1.82, 2.24) is 0 Å². The van der Waals surface area contributed by atoms with Crippen molar-refractivity contribution in [2.75, 3.05) is 0 Å². The molecule has 4 aromatic rings. The molecule has 126 valence electrons. The summed E-state index contributed by atoms with van der Waals surface area (Å²) in [6, 6.07) is 26.0. The van der Waals surface area contributed by atoms with Crippen LogP contribution in [0, 0.1) is 0 Å². The molecule has 0 saturated heterocycles. The number of benzene rings is 4. The van der Waals surface area contributed by atoms with E-state index in [-0.39, 0.29) is 5.60 Å². The van der Waals surface area contributed by atoms with E-state index in [9.17, 15) is 0 Å². The number of hydrogen-bond donors (Lipinski definition) is 0. The average Bonchev–Trinajstić information content (AvgIpc) is 2.64. The molecular formula is C25H20O. The van der Waals surface area contributed by atoms with Crippen molar-refractivity contribution >= 4 is 27.6 Å². The molecule has 0 saturated carbocycles. The van der Waals surface area contributed by atoms with Crippen LogP contribution in [0.25, 0.3) is 38.7 Å². The lowest BCUT2D eigenvalue weighted by Gasteiger charge is -2.28. The molecule has 1 nitrogen and oxygen atoms in total. The minimum absolute atomic E-state index is 0.271. The van der Waals surface area contributed by atoms with Gasteiger partial charge in [-0.15, -0.1) is 0 Å². The highest BCUT2D eigenvalue weighted by molar-refractivity contribution is 6.12. The first-order chi connectivity index (χ1) is 12.6. The van der Waals surface area contributed by atoms with Gasteiger partial charge in [-0.1, -0.05) is 66.7 Å². The molecule has 5 rings (SSSR count). The molecule has 26 heavy (non-hydrogen) atoms. The van der Waals surface area contributed by atoms with Crippen LogP contribution in [0.4, 0.5) is 0 Å². The molecule has 0 bridgehead atoms. The molecule has 0 atom stereocenters. The minimum Gasteiger partial charge on any atom is -0.483 e. The second-order valence-corrected chi connectivity index (χ2v) is 7.49. The van der Waals surface area contributed by atoms with Gasteiger partial charge in [0.2, 0.25) is 0 Å². The van der Waals surface area contributed by atoms with Crippen LogP contribution in [0.1, 0.15) is 19.4 Å². The fourth-order valence-electron chi connectivity index (χ4n) is 3.85. The standard InChI is InChI=1S/C25H20O/c1-25(2)14-13-17-11-12-20(16-23(17)26-25)24-21-9-5-3-7-18(21)15-19-8-4-6-10-22(19)24/h3-16H,1-2H3. The third kappa shape index (κ3) is 2.40. The van der Waals surface area contributed by atoms with Crippen LogP contribution in [0.2, 0.25) is 0 Å². The average molecular weight is 336 g/mol. The Hall–Kier alpha value is -3.06. The van der Waals surface area contributed by atoms with E-state index in [0.29, 0.717) is 0 Å². The topological polar surface area (TPSA) is 9.23 Å². The van der Waals surface area contributed by atoms with Gasteiger partial charge in [-0.3, -0.25) is 0 Å². The van der Waals surface area contributed by atoms with Gasteiger partial charge in [0, 0.05) is 5.56 Å². The molecule has 4 aromatic carbocycles. The molecule has 0 radical (unpaired) electrons. The smallest absolute Gasteiger partial charge is 0.128 e. The molecule has 0 aliphatic carbocycles. The quantitative estimate of drug-likeness (QED) is 0.346. The lowest BCUT2D eigenvalue weighted by atomic mass is 9.91. The third-order valence-corrected chi connectivity index (χ3v) is 5.11. The Morgan fingerprint density at radius 2 is 1.38 bits per heavy atom. The summed E-state index contributed by atoms with van der Waals surface area (Å²) in [4.78, 5) is 0. The van der Waals surface area contributed by atoms with Crippen molar-refractivity contribution < 1.29 is 4.74 Å². The Morgan fingerprint density at radius 3 is 2.08 bits per heavy atom. The number of rotatable bonds is 1. The van der Waals surface area contributed by atoms with Crippen molar-refractivity contribution in [3.05, 3.63) is 84.4 Å². The van der Waals surface area contributed by atoms with Gasteiger partial charge in [0.15, 0.2) is 0 Å². The minimum atomic E-state index is -0.271. The Labute approximate surface area is 153 Å². The van der Waals surface area contributed by atoms with Gasteiger partial charge in [0.25, 0.3) is 0 Å². The van der Waals surface area contributed by atoms with Gasteiger partial charge in [0.05, 0.1) is 0 Å². The first-order valence-corrected chi connectivity index (χ1v) is 9.04. The normalized spacial score (nSPS) is 15.0. The van der Waals surface area contributed by atoms with E-state index in [0.717, 1.165) is 11.3 Å². The zero-order valence-electron chi connectivity index (χ0n) is 15.0. The second kappa shape index (κ2) is 5.47. The van der Waals surface area contributed by atoms with Gasteiger partial charge < -0.3 is 4.74 Å². The van der Waals surface area contributed by atoms with Crippen molar-refractivity contribution in [2.24, 2.45) is 0 Å². The molecule has 0 amide bonds. The zero-order chi connectivity index (χ0) is 17.7. The molecule has 0 unspecified atom stereocenters. The van der Waals surface area contributed by atoms with Crippen molar-refractivity contribution in [1.29, 1.82) is 0 Å². The summed E-state index contributed by atoms with van der Waals surface area (Å²) in [7, 11) is 0. The predicted octanol–water partition coefficient (Wildman–Crippen LogP) is 6.84. The predicted molar refractivity (Wildman–Crippen MR) is 111 cm³/mol. The number of ether oxygens (including phenoxy) is 1. The molecule has 0 N–H and O–H groups in total. The van der Waals surface area contributed by atoms with Gasteiger partial charge in [-0.05, 0) is 64.7 Å². The fourth-order valence-corrected chi connectivity index (χ4v) is 3.85. The molecule has 0 fully saturated rings. The van der Waals surface area contributed by atoms with Crippen LogP contribution in [-0.4, -0.2) is 5.60 Å². The molecule has 1 heterocycles. The number of hydrogen-bond acceptors (Lipinski definition) is 1. The van der Waals surface area contributed by atoms with E-state index in [2.05, 4.69) is 98.8 Å². The summed E-state index contributed by atoms with van der Waals surface area (Å²) in [5, 5.41) is 5.08. The van der Waals surface area contributed by atoms with Gasteiger partial charge in [-0.2, -0.15) is 0 Å². The molecule has 0 spiro atoms. The van der Waals surface area contributed by atoms with Crippen LogP contribution < -0.4 is 4.74 Å². The van der Waals surface area contributed by atoms with Crippen molar-refractivity contribution in [3.63, 3.8) is 0 Å². The number of fused-ring (bicyclic) bond motifs is 3. The molecule has 1 heteroatoms. The van der Waals surface area contributed by atoms with E-state index in [1.807, 2.05) is 0 Å². The monoisotopic (exact) mass is 336 g/mol. The summed E-state index contributed by atoms with van der Waals surface area (Å²) in [6.45, 7) is 4.18. The zero-order valence-corrected chi connectivity index (χ0v) is 15.0. The molecular weight excluding hydrogens is 316 g/mol. The van der Waals surface area contributed by atoms with E-state index in [1.54, 1.807) is 0 Å². The first kappa shape index (κ1) is 15.2. The van der Waals surface area contributed by atoms with Gasteiger partial charge >= 0.3 is 0 Å².